The number of nitrogens with one attached hydrogen (secondary N) is 1. The lowest BCUT2D eigenvalue weighted by atomic mass is 9.82. The van der Waals surface area contributed by atoms with Crippen molar-refractivity contribution >= 4 is 0 Å². The molecular formula is C17H26FNO. The molecule has 20 heavy (non-hydrogen) atoms. The van der Waals surface area contributed by atoms with Gasteiger partial charge in [-0.25, -0.2) is 4.39 Å². The molecule has 1 saturated heterocycles. The lowest BCUT2D eigenvalue weighted by molar-refractivity contribution is 0.0517. The first kappa shape index (κ1) is 15.5. The fraction of sp³-hybridized carbons (Fsp3) is 0.647. The van der Waals surface area contributed by atoms with Gasteiger partial charge >= 0.3 is 0 Å². The summed E-state index contributed by atoms with van der Waals surface area (Å²) >= 11 is 0. The molecule has 1 aliphatic rings. The van der Waals surface area contributed by atoms with Crippen LogP contribution in [0.2, 0.25) is 0 Å². The Morgan fingerprint density at radius 3 is 2.55 bits per heavy atom. The van der Waals surface area contributed by atoms with E-state index in [2.05, 4.69) is 26.1 Å². The smallest absolute Gasteiger partial charge is 0.123 e. The maximum absolute atomic E-state index is 13.1. The molecule has 0 spiro atoms. The minimum absolute atomic E-state index is 0.0906. The number of ether oxygens (including phenoxy) is 1. The Morgan fingerprint density at radius 1 is 1.30 bits per heavy atom. The normalized spacial score (nSPS) is 21.7. The van der Waals surface area contributed by atoms with Gasteiger partial charge in [-0.05, 0) is 41.9 Å². The molecule has 2 unspecified atom stereocenters. The van der Waals surface area contributed by atoms with Crippen molar-refractivity contribution in [3.8, 4) is 0 Å². The number of halogens is 1. The van der Waals surface area contributed by atoms with Crippen LogP contribution in [-0.4, -0.2) is 19.8 Å². The zero-order chi connectivity index (χ0) is 14.6. The third-order valence-electron chi connectivity index (χ3n) is 3.93. The van der Waals surface area contributed by atoms with Crippen LogP contribution in [0.3, 0.4) is 0 Å². The number of hydrogen-bond acceptors (Lipinski definition) is 2. The predicted octanol–water partition coefficient (Wildman–Crippen LogP) is 3.93. The molecule has 0 radical (unpaired) electrons. The van der Waals surface area contributed by atoms with Crippen molar-refractivity contribution in [3.63, 3.8) is 0 Å². The van der Waals surface area contributed by atoms with Gasteiger partial charge in [-0.15, -0.1) is 0 Å². The summed E-state index contributed by atoms with van der Waals surface area (Å²) in [4.78, 5) is 0. The molecule has 0 aromatic heterocycles. The van der Waals surface area contributed by atoms with Crippen LogP contribution in [0.5, 0.6) is 0 Å². The van der Waals surface area contributed by atoms with Crippen molar-refractivity contribution in [2.24, 2.45) is 11.3 Å². The van der Waals surface area contributed by atoms with Crippen molar-refractivity contribution in [2.45, 2.75) is 39.7 Å². The largest absolute Gasteiger partial charge is 0.381 e. The average Bonchev–Trinajstić information content (AvgIpc) is 2.41. The summed E-state index contributed by atoms with van der Waals surface area (Å²) in [5, 5.41) is 3.66. The van der Waals surface area contributed by atoms with E-state index in [0.717, 1.165) is 31.7 Å². The van der Waals surface area contributed by atoms with E-state index in [0.29, 0.717) is 5.92 Å². The van der Waals surface area contributed by atoms with Crippen molar-refractivity contribution < 1.29 is 9.13 Å². The predicted molar refractivity (Wildman–Crippen MR) is 80.1 cm³/mol. The van der Waals surface area contributed by atoms with E-state index in [1.165, 1.54) is 6.42 Å². The van der Waals surface area contributed by atoms with Crippen LogP contribution in [0.25, 0.3) is 0 Å². The second-order valence-electron chi connectivity index (χ2n) is 6.84. The first-order chi connectivity index (χ1) is 9.47. The van der Waals surface area contributed by atoms with Gasteiger partial charge in [0.2, 0.25) is 0 Å². The zero-order valence-electron chi connectivity index (χ0n) is 12.8. The molecule has 1 aliphatic heterocycles. The second kappa shape index (κ2) is 6.68. The Bertz CT molecular complexity index is 404. The van der Waals surface area contributed by atoms with Crippen LogP contribution in [-0.2, 0) is 4.74 Å². The SMILES string of the molecule is CC(C)(C)C(NCC1CCCOC1)c1ccc(F)cc1. The third-order valence-corrected chi connectivity index (χ3v) is 3.93. The van der Waals surface area contributed by atoms with Gasteiger partial charge < -0.3 is 10.1 Å². The van der Waals surface area contributed by atoms with Gasteiger partial charge in [-0.3, -0.25) is 0 Å². The van der Waals surface area contributed by atoms with Crippen LogP contribution < -0.4 is 5.32 Å². The molecule has 0 aliphatic carbocycles. The van der Waals surface area contributed by atoms with Gasteiger partial charge in [-0.1, -0.05) is 32.9 Å². The molecule has 0 bridgehead atoms. The van der Waals surface area contributed by atoms with Crippen molar-refractivity contribution in [1.82, 2.24) is 5.32 Å². The summed E-state index contributed by atoms with van der Waals surface area (Å²) < 4.78 is 18.6. The highest BCUT2D eigenvalue weighted by Gasteiger charge is 2.27. The fourth-order valence-electron chi connectivity index (χ4n) is 2.83. The number of hydrogen-bond donors (Lipinski definition) is 1. The Balaban J connectivity index is 2.02. The average molecular weight is 279 g/mol. The molecule has 2 atom stereocenters. The minimum Gasteiger partial charge on any atom is -0.381 e. The topological polar surface area (TPSA) is 21.3 Å². The van der Waals surface area contributed by atoms with E-state index >= 15 is 0 Å². The summed E-state index contributed by atoms with van der Waals surface area (Å²) in [6.45, 7) is 9.35. The van der Waals surface area contributed by atoms with E-state index < -0.39 is 0 Å². The van der Waals surface area contributed by atoms with Gasteiger partial charge in [0.25, 0.3) is 0 Å². The monoisotopic (exact) mass is 279 g/mol. The molecule has 0 saturated carbocycles. The Kier molecular flexibility index (Phi) is 5.17. The molecule has 1 N–H and O–H groups in total. The van der Waals surface area contributed by atoms with Crippen LogP contribution >= 0.6 is 0 Å². The third kappa shape index (κ3) is 4.29. The maximum atomic E-state index is 13.1. The van der Waals surface area contributed by atoms with E-state index in [1.807, 2.05) is 12.1 Å². The van der Waals surface area contributed by atoms with Crippen LogP contribution in [0.15, 0.2) is 24.3 Å². The second-order valence-corrected chi connectivity index (χ2v) is 6.84. The van der Waals surface area contributed by atoms with Gasteiger partial charge in [0.15, 0.2) is 0 Å². The Hall–Kier alpha value is -0.930. The maximum Gasteiger partial charge on any atom is 0.123 e. The molecule has 1 aromatic carbocycles. The van der Waals surface area contributed by atoms with Gasteiger partial charge in [0.05, 0.1) is 6.61 Å². The molecule has 112 valence electrons. The Morgan fingerprint density at radius 2 is 2.00 bits per heavy atom. The standard InChI is InChI=1S/C17H26FNO/c1-17(2,3)16(14-6-8-15(18)9-7-14)19-11-13-5-4-10-20-12-13/h6-9,13,16,19H,4-5,10-12H2,1-3H3. The van der Waals surface area contributed by atoms with E-state index in [9.17, 15) is 4.39 Å². The molecule has 1 aromatic rings. The zero-order valence-corrected chi connectivity index (χ0v) is 12.8. The fourth-order valence-corrected chi connectivity index (χ4v) is 2.83. The molecule has 2 nitrogen and oxygen atoms in total. The molecular weight excluding hydrogens is 253 g/mol. The summed E-state index contributed by atoms with van der Waals surface area (Å²) in [6, 6.07) is 7.08. The molecule has 1 fully saturated rings. The molecule has 1 heterocycles. The number of benzene rings is 1. The van der Waals surface area contributed by atoms with Gasteiger partial charge in [0.1, 0.15) is 5.82 Å². The minimum atomic E-state index is -0.179. The van der Waals surface area contributed by atoms with Crippen molar-refractivity contribution in [1.29, 1.82) is 0 Å². The lowest BCUT2D eigenvalue weighted by Crippen LogP contribution is -2.37. The Labute approximate surface area is 121 Å². The highest BCUT2D eigenvalue weighted by molar-refractivity contribution is 5.21. The van der Waals surface area contributed by atoms with E-state index in [-0.39, 0.29) is 17.3 Å². The first-order valence-electron chi connectivity index (χ1n) is 7.53. The molecule has 2 rings (SSSR count). The summed E-state index contributed by atoms with van der Waals surface area (Å²) in [6.07, 6.45) is 2.39. The van der Waals surface area contributed by atoms with E-state index in [1.54, 1.807) is 12.1 Å². The first-order valence-corrected chi connectivity index (χ1v) is 7.53. The van der Waals surface area contributed by atoms with Crippen molar-refractivity contribution in [3.05, 3.63) is 35.6 Å². The van der Waals surface area contributed by atoms with Crippen LogP contribution in [0.1, 0.15) is 45.2 Å². The lowest BCUT2D eigenvalue weighted by Gasteiger charge is -2.34. The van der Waals surface area contributed by atoms with Gasteiger partial charge in [-0.2, -0.15) is 0 Å². The number of rotatable bonds is 4. The van der Waals surface area contributed by atoms with E-state index in [4.69, 9.17) is 4.74 Å². The highest BCUT2D eigenvalue weighted by atomic mass is 19.1. The highest BCUT2D eigenvalue weighted by Crippen LogP contribution is 2.33. The van der Waals surface area contributed by atoms with Crippen LogP contribution in [0.4, 0.5) is 4.39 Å². The van der Waals surface area contributed by atoms with Crippen molar-refractivity contribution in [2.75, 3.05) is 19.8 Å². The quantitative estimate of drug-likeness (QED) is 0.901. The summed E-state index contributed by atoms with van der Waals surface area (Å²) in [7, 11) is 0. The molecule has 0 amide bonds. The molecule has 3 heteroatoms. The van der Waals surface area contributed by atoms with Crippen LogP contribution in [0, 0.1) is 17.2 Å². The summed E-state index contributed by atoms with van der Waals surface area (Å²) in [5.41, 5.74) is 1.24. The van der Waals surface area contributed by atoms with Gasteiger partial charge in [0, 0.05) is 19.2 Å². The summed E-state index contributed by atoms with van der Waals surface area (Å²) in [5.74, 6) is 0.413.